The lowest BCUT2D eigenvalue weighted by Gasteiger charge is -2.27. The van der Waals surface area contributed by atoms with E-state index in [0.717, 1.165) is 37.7 Å². The van der Waals surface area contributed by atoms with E-state index in [1.807, 2.05) is 6.07 Å². The third-order valence-electron chi connectivity index (χ3n) is 4.89. The van der Waals surface area contributed by atoms with E-state index in [1.165, 1.54) is 31.2 Å². The van der Waals surface area contributed by atoms with Crippen molar-refractivity contribution >= 4 is 0 Å². The second-order valence-corrected chi connectivity index (χ2v) is 6.94. The normalized spacial score (nSPS) is 28.7. The Labute approximate surface area is 134 Å². The van der Waals surface area contributed by atoms with Crippen LogP contribution in [0.5, 0.6) is 5.75 Å². The molecule has 3 unspecified atom stereocenters. The van der Waals surface area contributed by atoms with Gasteiger partial charge in [-0.05, 0) is 49.3 Å². The Balaban J connectivity index is 1.45. The molecule has 3 nitrogen and oxygen atoms in total. The van der Waals surface area contributed by atoms with Gasteiger partial charge < -0.3 is 14.8 Å². The Morgan fingerprint density at radius 1 is 1.23 bits per heavy atom. The zero-order valence-electron chi connectivity index (χ0n) is 13.7. The predicted molar refractivity (Wildman–Crippen MR) is 89.2 cm³/mol. The van der Waals surface area contributed by atoms with Crippen molar-refractivity contribution in [3.05, 3.63) is 29.8 Å². The minimum absolute atomic E-state index is 0.283. The molecule has 3 heteroatoms. The Hall–Kier alpha value is -1.06. The minimum Gasteiger partial charge on any atom is -0.491 e. The molecule has 0 spiro atoms. The molecule has 122 valence electrons. The first-order valence-corrected chi connectivity index (χ1v) is 8.86. The van der Waals surface area contributed by atoms with Crippen LogP contribution in [-0.4, -0.2) is 25.4 Å². The molecule has 1 aromatic rings. The molecule has 22 heavy (non-hydrogen) atoms. The maximum Gasteiger partial charge on any atom is 0.119 e. The van der Waals surface area contributed by atoms with Gasteiger partial charge in [-0.15, -0.1) is 0 Å². The number of rotatable bonds is 6. The van der Waals surface area contributed by atoms with Gasteiger partial charge in [0.05, 0.1) is 6.10 Å². The monoisotopic (exact) mass is 303 g/mol. The molecule has 1 saturated heterocycles. The highest BCUT2D eigenvalue weighted by Gasteiger charge is 2.18. The van der Waals surface area contributed by atoms with Crippen LogP contribution in [0.25, 0.3) is 0 Å². The van der Waals surface area contributed by atoms with Crippen LogP contribution in [0.4, 0.5) is 0 Å². The standard InChI is InChI=1S/C19H29NO2/c1-15-5-2-7-17(11-15)20-13-16-6-3-8-18(12-16)22-14-19-9-4-10-21-19/h3,6,8,12,15,17,19-20H,2,4-5,7,9-11,13-14H2,1H3. The summed E-state index contributed by atoms with van der Waals surface area (Å²) in [5.74, 6) is 1.83. The summed E-state index contributed by atoms with van der Waals surface area (Å²) in [6, 6.07) is 9.15. The minimum atomic E-state index is 0.283. The van der Waals surface area contributed by atoms with Gasteiger partial charge in [-0.25, -0.2) is 0 Å². The van der Waals surface area contributed by atoms with Gasteiger partial charge in [-0.1, -0.05) is 31.9 Å². The first-order valence-electron chi connectivity index (χ1n) is 8.86. The van der Waals surface area contributed by atoms with Crippen molar-refractivity contribution in [2.75, 3.05) is 13.2 Å². The molecule has 2 fully saturated rings. The van der Waals surface area contributed by atoms with Gasteiger partial charge in [0.2, 0.25) is 0 Å². The highest BCUT2D eigenvalue weighted by Crippen LogP contribution is 2.24. The summed E-state index contributed by atoms with van der Waals surface area (Å²) in [5.41, 5.74) is 1.31. The van der Waals surface area contributed by atoms with Crippen molar-refractivity contribution in [3.63, 3.8) is 0 Å². The van der Waals surface area contributed by atoms with Crippen LogP contribution < -0.4 is 10.1 Å². The van der Waals surface area contributed by atoms with Crippen LogP contribution in [0.15, 0.2) is 24.3 Å². The van der Waals surface area contributed by atoms with Gasteiger partial charge >= 0.3 is 0 Å². The van der Waals surface area contributed by atoms with E-state index < -0.39 is 0 Å². The van der Waals surface area contributed by atoms with E-state index in [-0.39, 0.29) is 6.10 Å². The molecule has 1 saturated carbocycles. The summed E-state index contributed by atoms with van der Waals surface area (Å²) in [4.78, 5) is 0. The molecule has 0 radical (unpaired) electrons. The summed E-state index contributed by atoms with van der Waals surface area (Å²) >= 11 is 0. The van der Waals surface area contributed by atoms with Crippen molar-refractivity contribution < 1.29 is 9.47 Å². The van der Waals surface area contributed by atoms with Crippen LogP contribution >= 0.6 is 0 Å². The maximum absolute atomic E-state index is 5.89. The summed E-state index contributed by atoms with van der Waals surface area (Å²) in [5, 5.41) is 3.71. The van der Waals surface area contributed by atoms with Gasteiger partial charge in [-0.3, -0.25) is 0 Å². The lowest BCUT2D eigenvalue weighted by Crippen LogP contribution is -2.33. The lowest BCUT2D eigenvalue weighted by molar-refractivity contribution is 0.0679. The van der Waals surface area contributed by atoms with Gasteiger partial charge in [0, 0.05) is 19.2 Å². The zero-order chi connectivity index (χ0) is 15.2. The fraction of sp³-hybridized carbons (Fsp3) is 0.684. The number of hydrogen-bond acceptors (Lipinski definition) is 3. The van der Waals surface area contributed by atoms with Crippen molar-refractivity contribution in [2.45, 2.75) is 64.1 Å². The molecular weight excluding hydrogens is 274 g/mol. The first-order chi connectivity index (χ1) is 10.8. The number of ether oxygens (including phenoxy) is 2. The molecule has 0 aromatic heterocycles. The Bertz CT molecular complexity index is 457. The van der Waals surface area contributed by atoms with Gasteiger partial charge in [-0.2, -0.15) is 0 Å². The molecule has 1 N–H and O–H groups in total. The molecule has 0 bridgehead atoms. The van der Waals surface area contributed by atoms with Gasteiger partial charge in [0.25, 0.3) is 0 Å². The maximum atomic E-state index is 5.89. The number of hydrogen-bond donors (Lipinski definition) is 1. The third kappa shape index (κ3) is 4.72. The Morgan fingerprint density at radius 2 is 2.18 bits per heavy atom. The van der Waals surface area contributed by atoms with E-state index >= 15 is 0 Å². The topological polar surface area (TPSA) is 30.5 Å². The third-order valence-corrected chi connectivity index (χ3v) is 4.89. The molecule has 3 atom stereocenters. The molecule has 1 aliphatic carbocycles. The molecule has 1 aromatic carbocycles. The Morgan fingerprint density at radius 3 is 3.00 bits per heavy atom. The van der Waals surface area contributed by atoms with Crippen LogP contribution in [-0.2, 0) is 11.3 Å². The van der Waals surface area contributed by atoms with E-state index in [1.54, 1.807) is 0 Å². The van der Waals surface area contributed by atoms with Crippen molar-refractivity contribution in [1.82, 2.24) is 5.32 Å². The van der Waals surface area contributed by atoms with E-state index in [0.29, 0.717) is 12.6 Å². The van der Waals surface area contributed by atoms with Crippen molar-refractivity contribution in [3.8, 4) is 5.75 Å². The molecule has 3 rings (SSSR count). The SMILES string of the molecule is CC1CCCC(NCc2cccc(OCC3CCCO3)c2)C1. The number of benzene rings is 1. The van der Waals surface area contributed by atoms with Crippen LogP contribution in [0, 0.1) is 5.92 Å². The Kier molecular flexibility index (Phi) is 5.74. The smallest absolute Gasteiger partial charge is 0.119 e. The van der Waals surface area contributed by atoms with E-state index in [9.17, 15) is 0 Å². The quantitative estimate of drug-likeness (QED) is 0.864. The van der Waals surface area contributed by atoms with Crippen LogP contribution in [0.2, 0.25) is 0 Å². The highest BCUT2D eigenvalue weighted by atomic mass is 16.5. The first kappa shape index (κ1) is 15.8. The second-order valence-electron chi connectivity index (χ2n) is 6.94. The number of nitrogens with one attached hydrogen (secondary N) is 1. The lowest BCUT2D eigenvalue weighted by atomic mass is 9.87. The van der Waals surface area contributed by atoms with Crippen molar-refractivity contribution in [1.29, 1.82) is 0 Å². The van der Waals surface area contributed by atoms with E-state index in [4.69, 9.17) is 9.47 Å². The summed E-state index contributed by atoms with van der Waals surface area (Å²) in [6.07, 6.45) is 7.97. The average Bonchev–Trinajstić information content (AvgIpc) is 3.05. The predicted octanol–water partition coefficient (Wildman–Crippen LogP) is 3.91. The summed E-state index contributed by atoms with van der Waals surface area (Å²) in [6.45, 7) is 4.87. The van der Waals surface area contributed by atoms with Gasteiger partial charge in [0.15, 0.2) is 0 Å². The van der Waals surface area contributed by atoms with Gasteiger partial charge in [0.1, 0.15) is 12.4 Å². The van der Waals surface area contributed by atoms with E-state index in [2.05, 4.69) is 30.4 Å². The van der Waals surface area contributed by atoms with Crippen LogP contribution in [0.3, 0.4) is 0 Å². The fourth-order valence-electron chi connectivity index (χ4n) is 3.59. The molecule has 2 aliphatic rings. The second kappa shape index (κ2) is 7.98. The molecule has 0 amide bonds. The molecule has 1 aliphatic heterocycles. The zero-order valence-corrected chi connectivity index (χ0v) is 13.7. The highest BCUT2D eigenvalue weighted by molar-refractivity contribution is 5.28. The summed E-state index contributed by atoms with van der Waals surface area (Å²) in [7, 11) is 0. The fourth-order valence-corrected chi connectivity index (χ4v) is 3.59. The van der Waals surface area contributed by atoms with Crippen LogP contribution in [0.1, 0.15) is 51.0 Å². The molecular formula is C19H29NO2. The average molecular weight is 303 g/mol. The largest absolute Gasteiger partial charge is 0.491 e. The summed E-state index contributed by atoms with van der Waals surface area (Å²) < 4.78 is 11.5. The molecule has 1 heterocycles. The van der Waals surface area contributed by atoms with Crippen molar-refractivity contribution in [2.24, 2.45) is 5.92 Å².